The molecule has 0 aliphatic rings. The molecule has 0 aliphatic heterocycles. The van der Waals surface area contributed by atoms with E-state index in [-0.39, 0.29) is 35.8 Å². The fourth-order valence-electron chi connectivity index (χ4n) is 3.72. The third kappa shape index (κ3) is 4.30. The van der Waals surface area contributed by atoms with Gasteiger partial charge in [-0.3, -0.25) is 0 Å². The molecule has 2 heterocycles. The van der Waals surface area contributed by atoms with Crippen molar-refractivity contribution in [2.75, 3.05) is 12.3 Å². The molecule has 2 aromatic heterocycles. The van der Waals surface area contributed by atoms with E-state index in [0.717, 1.165) is 22.0 Å². The Kier molecular flexibility index (Phi) is 6.39. The van der Waals surface area contributed by atoms with E-state index in [1.807, 2.05) is 47.2 Å². The summed E-state index contributed by atoms with van der Waals surface area (Å²) in [4.78, 5) is 0. The van der Waals surface area contributed by atoms with E-state index >= 15 is 0 Å². The average molecular weight is 477 g/mol. The number of nitrogens with zero attached hydrogens (tertiary/aromatic N) is 5. The number of anilines is 1. The molecule has 9 heteroatoms. The van der Waals surface area contributed by atoms with Crippen LogP contribution in [0.25, 0.3) is 22.7 Å². The van der Waals surface area contributed by atoms with E-state index in [0.29, 0.717) is 16.5 Å². The third-order valence-electron chi connectivity index (χ3n) is 5.28. The van der Waals surface area contributed by atoms with Crippen molar-refractivity contribution in [2.24, 2.45) is 0 Å². The summed E-state index contributed by atoms with van der Waals surface area (Å²) >= 11 is 12.4. The van der Waals surface area contributed by atoms with Gasteiger partial charge >= 0.3 is 0 Å². The lowest BCUT2D eigenvalue weighted by molar-refractivity contribution is 0.270. The molecular weight excluding hydrogens is 459 g/mol. The minimum absolute atomic E-state index is 0.0980. The Morgan fingerprint density at radius 2 is 1.94 bits per heavy atom. The van der Waals surface area contributed by atoms with Crippen LogP contribution in [0.15, 0.2) is 48.7 Å². The van der Waals surface area contributed by atoms with Gasteiger partial charge in [-0.15, -0.1) is 0 Å². The van der Waals surface area contributed by atoms with Gasteiger partial charge < -0.3 is 15.4 Å². The molecule has 0 unspecified atom stereocenters. The Bertz CT molecular complexity index is 1470. The largest absolute Gasteiger partial charge is 0.394 e. The van der Waals surface area contributed by atoms with Crippen LogP contribution in [0.3, 0.4) is 0 Å². The maximum absolute atomic E-state index is 9.86. The van der Waals surface area contributed by atoms with Gasteiger partial charge in [0.15, 0.2) is 0 Å². The molecule has 33 heavy (non-hydrogen) atoms. The van der Waals surface area contributed by atoms with Crippen LogP contribution in [0.1, 0.15) is 22.4 Å². The highest BCUT2D eigenvalue weighted by atomic mass is 35.5. The van der Waals surface area contributed by atoms with Crippen LogP contribution in [0.5, 0.6) is 0 Å². The van der Waals surface area contributed by atoms with Gasteiger partial charge in [0.1, 0.15) is 29.2 Å². The summed E-state index contributed by atoms with van der Waals surface area (Å²) in [5, 5.41) is 35.1. The first-order valence-corrected chi connectivity index (χ1v) is 10.7. The zero-order valence-corrected chi connectivity index (χ0v) is 18.8. The highest BCUT2D eigenvalue weighted by Gasteiger charge is 2.19. The minimum Gasteiger partial charge on any atom is -0.394 e. The second kappa shape index (κ2) is 9.40. The summed E-state index contributed by atoms with van der Waals surface area (Å²) in [5.74, 6) is 0.109. The Morgan fingerprint density at radius 1 is 1.15 bits per heavy atom. The monoisotopic (exact) mass is 476 g/mol. The lowest BCUT2D eigenvalue weighted by atomic mass is 10.0. The smallest absolute Gasteiger partial charge is 0.140 e. The summed E-state index contributed by atoms with van der Waals surface area (Å²) in [6.45, 7) is -0.0711. The molecule has 0 atom stereocenters. The van der Waals surface area contributed by atoms with Gasteiger partial charge in [0, 0.05) is 34.2 Å². The van der Waals surface area contributed by atoms with E-state index in [1.165, 1.54) is 4.68 Å². The van der Waals surface area contributed by atoms with Crippen LogP contribution in [0.2, 0.25) is 10.0 Å². The summed E-state index contributed by atoms with van der Waals surface area (Å²) < 4.78 is 3.15. The van der Waals surface area contributed by atoms with Gasteiger partial charge in [0.25, 0.3) is 0 Å². The number of aliphatic hydroxyl groups excluding tert-OH is 1. The predicted octanol–water partition coefficient (Wildman–Crippen LogP) is 4.70. The fraction of sp³-hybridized carbons (Fsp3) is 0.125. The van der Waals surface area contributed by atoms with E-state index in [2.05, 4.69) is 11.2 Å². The number of hydrogen-bond donors (Lipinski definition) is 2. The van der Waals surface area contributed by atoms with Crippen molar-refractivity contribution in [1.82, 2.24) is 14.3 Å². The number of benzene rings is 2. The summed E-state index contributed by atoms with van der Waals surface area (Å²) in [7, 11) is 0. The Labute approximate surface area is 200 Å². The van der Waals surface area contributed by atoms with Crippen LogP contribution >= 0.6 is 23.2 Å². The SMILES string of the molecule is N#C/C(=C\n1cc(Cc2ccc(Cl)cc2Cl)c2ccccc21)c1nn(CCO)c(N)c1C#N. The van der Waals surface area contributed by atoms with Crippen LogP contribution in [-0.2, 0) is 13.0 Å². The van der Waals surface area contributed by atoms with Gasteiger partial charge in [-0.25, -0.2) is 4.68 Å². The molecule has 4 aromatic rings. The first-order valence-electron chi connectivity index (χ1n) is 9.98. The average Bonchev–Trinajstić information content (AvgIpc) is 3.31. The number of hydrogen-bond acceptors (Lipinski definition) is 5. The van der Waals surface area contributed by atoms with Gasteiger partial charge in [0.2, 0.25) is 0 Å². The van der Waals surface area contributed by atoms with Gasteiger partial charge in [-0.1, -0.05) is 47.5 Å². The number of nitrogens with two attached hydrogens (primary N) is 1. The first-order chi connectivity index (χ1) is 16.0. The Morgan fingerprint density at radius 3 is 2.64 bits per heavy atom. The highest BCUT2D eigenvalue weighted by molar-refractivity contribution is 6.35. The van der Waals surface area contributed by atoms with Crippen molar-refractivity contribution in [3.63, 3.8) is 0 Å². The lowest BCUT2D eigenvalue weighted by Crippen LogP contribution is -2.07. The van der Waals surface area contributed by atoms with Gasteiger partial charge in [-0.2, -0.15) is 15.6 Å². The van der Waals surface area contributed by atoms with Crippen LogP contribution in [0, 0.1) is 22.7 Å². The molecular formula is C24H18Cl2N6O. The standard InChI is InChI=1S/C24H18Cl2N6O/c25-18-6-5-15(21(26)10-18)9-16-13-31(22-4-2-1-3-19(16)22)14-17(11-27)23-20(12-28)24(29)32(30-23)7-8-33/h1-6,10,13-14,33H,7-9,29H2/b17-14+. The summed E-state index contributed by atoms with van der Waals surface area (Å²) in [6, 6.07) is 17.3. The van der Waals surface area contributed by atoms with Gasteiger partial charge in [0.05, 0.1) is 24.2 Å². The van der Waals surface area contributed by atoms with E-state index in [4.69, 9.17) is 28.9 Å². The second-order valence-electron chi connectivity index (χ2n) is 7.31. The van der Waals surface area contributed by atoms with Crippen molar-refractivity contribution >= 4 is 51.7 Å². The van der Waals surface area contributed by atoms with Crippen molar-refractivity contribution in [1.29, 1.82) is 10.5 Å². The number of rotatable bonds is 6. The van der Waals surface area contributed by atoms with Crippen LogP contribution in [0.4, 0.5) is 5.82 Å². The van der Waals surface area contributed by atoms with Crippen LogP contribution < -0.4 is 5.73 Å². The summed E-state index contributed by atoms with van der Waals surface area (Å²) in [5.41, 5.74) is 9.25. The fourth-order valence-corrected chi connectivity index (χ4v) is 4.19. The molecule has 4 rings (SSSR count). The van der Waals surface area contributed by atoms with Crippen LogP contribution in [-0.4, -0.2) is 26.1 Å². The molecule has 0 aliphatic carbocycles. The maximum Gasteiger partial charge on any atom is 0.140 e. The second-order valence-corrected chi connectivity index (χ2v) is 8.16. The Hall–Kier alpha value is -3.75. The zero-order chi connectivity index (χ0) is 23.5. The predicted molar refractivity (Wildman–Crippen MR) is 129 cm³/mol. The number of para-hydroxylation sites is 1. The lowest BCUT2D eigenvalue weighted by Gasteiger charge is -2.04. The van der Waals surface area contributed by atoms with Crippen molar-refractivity contribution in [2.45, 2.75) is 13.0 Å². The number of aromatic nitrogens is 3. The first kappa shape index (κ1) is 22.4. The number of fused-ring (bicyclic) bond motifs is 1. The quantitative estimate of drug-likeness (QED) is 0.391. The molecule has 0 saturated heterocycles. The van der Waals surface area contributed by atoms with Crippen molar-refractivity contribution in [3.05, 3.63) is 81.1 Å². The maximum atomic E-state index is 9.86. The van der Waals surface area contributed by atoms with E-state index < -0.39 is 0 Å². The topological polar surface area (TPSA) is 117 Å². The molecule has 2 aromatic carbocycles. The number of aliphatic hydroxyl groups is 1. The summed E-state index contributed by atoms with van der Waals surface area (Å²) in [6.07, 6.45) is 4.12. The van der Waals surface area contributed by atoms with Gasteiger partial charge in [-0.05, 0) is 29.3 Å². The molecule has 0 amide bonds. The zero-order valence-electron chi connectivity index (χ0n) is 17.3. The minimum atomic E-state index is -0.194. The molecule has 0 bridgehead atoms. The van der Waals surface area contributed by atoms with Crippen molar-refractivity contribution < 1.29 is 5.11 Å². The molecule has 164 valence electrons. The van der Waals surface area contributed by atoms with Crippen molar-refractivity contribution in [3.8, 4) is 12.1 Å². The molecule has 0 fully saturated rings. The number of allylic oxidation sites excluding steroid dienone is 1. The molecule has 0 saturated carbocycles. The number of nitriles is 2. The molecule has 7 nitrogen and oxygen atoms in total. The Balaban J connectivity index is 1.83. The van der Waals surface area contributed by atoms with E-state index in [9.17, 15) is 15.6 Å². The number of halogens is 2. The normalized spacial score (nSPS) is 11.5. The van der Waals surface area contributed by atoms with E-state index in [1.54, 1.807) is 18.3 Å². The molecule has 0 radical (unpaired) electrons. The highest BCUT2D eigenvalue weighted by Crippen LogP contribution is 2.30. The third-order valence-corrected chi connectivity index (χ3v) is 5.87. The number of nitrogen functional groups attached to an aromatic ring is 1. The molecule has 3 N–H and O–H groups in total. The molecule has 0 spiro atoms.